The lowest BCUT2D eigenvalue weighted by molar-refractivity contribution is -0.143. The van der Waals surface area contributed by atoms with Crippen molar-refractivity contribution < 1.29 is 26.3 Å². The van der Waals surface area contributed by atoms with Gasteiger partial charge in [-0.15, -0.1) is 12.3 Å². The van der Waals surface area contributed by atoms with E-state index in [1.807, 2.05) is 7.05 Å². The largest absolute Gasteiger partial charge is 0.416 e. The van der Waals surface area contributed by atoms with E-state index >= 15 is 0 Å². The molecule has 2 N–H and O–H groups in total. The molecule has 0 unspecified atom stereocenters. The van der Waals surface area contributed by atoms with Crippen molar-refractivity contribution in [2.75, 3.05) is 18.9 Å². The Morgan fingerprint density at radius 2 is 1.67 bits per heavy atom. The first kappa shape index (κ1) is 24.3. The van der Waals surface area contributed by atoms with E-state index in [1.165, 1.54) is 0 Å². The number of thiocarbonyl (C=S) groups is 1. The van der Waals surface area contributed by atoms with Crippen molar-refractivity contribution in [3.63, 3.8) is 0 Å². The van der Waals surface area contributed by atoms with Crippen LogP contribution in [-0.2, 0) is 12.4 Å². The predicted molar refractivity (Wildman–Crippen MR) is 108 cm³/mol. The normalized spacial score (nSPS) is 20.0. The molecule has 1 aliphatic rings. The fourth-order valence-electron chi connectivity index (χ4n) is 3.58. The van der Waals surface area contributed by atoms with Crippen LogP contribution in [0.2, 0.25) is 0 Å². The number of benzene rings is 1. The van der Waals surface area contributed by atoms with E-state index in [9.17, 15) is 26.3 Å². The van der Waals surface area contributed by atoms with Crippen LogP contribution >= 0.6 is 12.2 Å². The van der Waals surface area contributed by atoms with Crippen molar-refractivity contribution in [2.45, 2.75) is 56.5 Å². The molecule has 1 aromatic rings. The molecule has 0 amide bonds. The summed E-state index contributed by atoms with van der Waals surface area (Å²) >= 11 is 5.18. The number of rotatable bonds is 5. The number of alkyl halides is 6. The zero-order valence-corrected chi connectivity index (χ0v) is 17.1. The first-order valence-corrected chi connectivity index (χ1v) is 9.83. The van der Waals surface area contributed by atoms with Crippen molar-refractivity contribution >= 4 is 23.0 Å². The Morgan fingerprint density at radius 1 is 1.10 bits per heavy atom. The topological polar surface area (TPSA) is 27.3 Å². The monoisotopic (exact) mass is 451 g/mol. The van der Waals surface area contributed by atoms with Crippen LogP contribution in [-0.4, -0.2) is 35.7 Å². The predicted octanol–water partition coefficient (Wildman–Crippen LogP) is 5.28. The van der Waals surface area contributed by atoms with Crippen LogP contribution in [0.5, 0.6) is 0 Å². The first-order valence-electron chi connectivity index (χ1n) is 9.42. The average Bonchev–Trinajstić information content (AvgIpc) is 2.64. The van der Waals surface area contributed by atoms with Gasteiger partial charge in [0.25, 0.3) is 0 Å². The van der Waals surface area contributed by atoms with Crippen molar-refractivity contribution in [2.24, 2.45) is 0 Å². The molecule has 1 fully saturated rings. The second-order valence-electron chi connectivity index (χ2n) is 7.29. The van der Waals surface area contributed by atoms with Crippen molar-refractivity contribution in [1.29, 1.82) is 0 Å². The Kier molecular flexibility index (Phi) is 7.99. The van der Waals surface area contributed by atoms with E-state index in [2.05, 4.69) is 21.5 Å². The number of anilines is 1. The number of halogens is 6. The Bertz CT molecular complexity index is 752. The summed E-state index contributed by atoms with van der Waals surface area (Å²) in [6.45, 7) is 0.683. The van der Waals surface area contributed by atoms with Crippen molar-refractivity contribution in [1.82, 2.24) is 10.2 Å². The Balaban J connectivity index is 2.15. The molecule has 10 heteroatoms. The molecule has 0 aromatic heterocycles. The van der Waals surface area contributed by atoms with E-state index in [1.54, 1.807) is 0 Å². The molecule has 0 radical (unpaired) electrons. The Morgan fingerprint density at radius 3 is 2.20 bits per heavy atom. The first-order chi connectivity index (χ1) is 13.9. The molecule has 1 aromatic carbocycles. The van der Waals surface area contributed by atoms with Gasteiger partial charge in [0.1, 0.15) is 0 Å². The summed E-state index contributed by atoms with van der Waals surface area (Å²) in [7, 11) is 1.93. The minimum Gasteiger partial charge on any atom is -0.358 e. The summed E-state index contributed by atoms with van der Waals surface area (Å²) in [4.78, 5) is 2.10. The van der Waals surface area contributed by atoms with Gasteiger partial charge in [0, 0.05) is 30.7 Å². The number of nitrogens with one attached hydrogen (secondary N) is 2. The highest BCUT2D eigenvalue weighted by Crippen LogP contribution is 2.37. The van der Waals surface area contributed by atoms with Gasteiger partial charge < -0.3 is 15.5 Å². The lowest BCUT2D eigenvalue weighted by Gasteiger charge is -2.38. The quantitative estimate of drug-likeness (QED) is 0.362. The number of likely N-dealkylation sites (N-methyl/N-ethyl adjacent to an activating group) is 1. The molecule has 2 atom stereocenters. The van der Waals surface area contributed by atoms with Gasteiger partial charge in [-0.25, -0.2) is 0 Å². The zero-order valence-electron chi connectivity index (χ0n) is 16.3. The highest BCUT2D eigenvalue weighted by molar-refractivity contribution is 7.80. The highest BCUT2D eigenvalue weighted by Gasteiger charge is 2.37. The van der Waals surface area contributed by atoms with Crippen LogP contribution < -0.4 is 10.6 Å². The SMILES string of the molecule is C#CCCN(C)[C@@H]1CCCC[C@H]1NC(=S)Nc1cc(C(F)(F)F)cc(C(F)(F)F)c1. The zero-order chi connectivity index (χ0) is 22.5. The molecule has 2 rings (SSSR count). The number of nitrogens with zero attached hydrogens (tertiary/aromatic N) is 1. The molecular formula is C20H23F6N3S. The van der Waals surface area contributed by atoms with Crippen LogP contribution in [0.15, 0.2) is 18.2 Å². The van der Waals surface area contributed by atoms with E-state index in [4.69, 9.17) is 18.6 Å². The van der Waals surface area contributed by atoms with E-state index in [0.29, 0.717) is 25.1 Å². The van der Waals surface area contributed by atoms with Crippen LogP contribution in [0.25, 0.3) is 0 Å². The molecule has 0 heterocycles. The van der Waals surface area contributed by atoms with Gasteiger partial charge in [0.15, 0.2) is 5.11 Å². The third kappa shape index (κ3) is 6.77. The maximum absolute atomic E-state index is 13.0. The summed E-state index contributed by atoms with van der Waals surface area (Å²) < 4.78 is 78.1. The van der Waals surface area contributed by atoms with Crippen molar-refractivity contribution in [3.05, 3.63) is 29.3 Å². The van der Waals surface area contributed by atoms with Gasteiger partial charge in [-0.1, -0.05) is 12.8 Å². The minimum atomic E-state index is -4.92. The second kappa shape index (κ2) is 9.88. The van der Waals surface area contributed by atoms with Gasteiger partial charge in [-0.05, 0) is 50.3 Å². The standard InChI is InChI=1S/C20H23F6N3S/c1-3-4-9-29(2)17-8-6-5-7-16(17)28-18(30)27-15-11-13(19(21,22)23)10-14(12-15)20(24,25)26/h1,10-12,16-17H,4-9H2,2H3,(H2,27,28,30)/t16-,17-/m1/s1. The maximum atomic E-state index is 13.0. The van der Waals surface area contributed by atoms with Gasteiger partial charge in [0.2, 0.25) is 0 Å². The fourth-order valence-corrected chi connectivity index (χ4v) is 3.85. The van der Waals surface area contributed by atoms with E-state index < -0.39 is 23.5 Å². The third-order valence-corrected chi connectivity index (χ3v) is 5.29. The lowest BCUT2D eigenvalue weighted by Crippen LogP contribution is -2.53. The van der Waals surface area contributed by atoms with Gasteiger partial charge in [-0.2, -0.15) is 26.3 Å². The minimum absolute atomic E-state index is 0.0234. The molecule has 0 aliphatic heterocycles. The maximum Gasteiger partial charge on any atom is 0.416 e. The second-order valence-corrected chi connectivity index (χ2v) is 7.69. The van der Waals surface area contributed by atoms with Gasteiger partial charge >= 0.3 is 12.4 Å². The van der Waals surface area contributed by atoms with Gasteiger partial charge in [0.05, 0.1) is 11.1 Å². The summed E-state index contributed by atoms with van der Waals surface area (Å²) in [5.74, 6) is 2.58. The molecule has 0 bridgehead atoms. The van der Waals surface area contributed by atoms with Gasteiger partial charge in [-0.3, -0.25) is 0 Å². The number of hydrogen-bond donors (Lipinski definition) is 2. The molecule has 166 valence electrons. The van der Waals surface area contributed by atoms with Crippen LogP contribution in [0.4, 0.5) is 32.0 Å². The summed E-state index contributed by atoms with van der Waals surface area (Å²) in [5, 5.41) is 5.52. The van der Waals surface area contributed by atoms with Crippen LogP contribution in [0.3, 0.4) is 0 Å². The fraction of sp³-hybridized carbons (Fsp3) is 0.550. The Labute approximate surface area is 177 Å². The van der Waals surface area contributed by atoms with E-state index in [0.717, 1.165) is 25.7 Å². The molecule has 3 nitrogen and oxygen atoms in total. The number of terminal acetylenes is 1. The summed E-state index contributed by atoms with van der Waals surface area (Å²) in [6, 6.07) is 1.33. The summed E-state index contributed by atoms with van der Waals surface area (Å²) in [6.07, 6.45) is -0.306. The highest BCUT2D eigenvalue weighted by atomic mass is 32.1. The summed E-state index contributed by atoms with van der Waals surface area (Å²) in [5.41, 5.74) is -3.16. The van der Waals surface area contributed by atoms with Crippen molar-refractivity contribution in [3.8, 4) is 12.3 Å². The van der Waals surface area contributed by atoms with Crippen LogP contribution in [0, 0.1) is 12.3 Å². The average molecular weight is 451 g/mol. The number of hydrogen-bond acceptors (Lipinski definition) is 2. The Hall–Kier alpha value is -1.99. The molecule has 0 spiro atoms. The lowest BCUT2D eigenvalue weighted by atomic mass is 9.89. The van der Waals surface area contributed by atoms with Crippen LogP contribution in [0.1, 0.15) is 43.2 Å². The molecule has 0 saturated heterocycles. The molecule has 1 saturated carbocycles. The molecule has 30 heavy (non-hydrogen) atoms. The van der Waals surface area contributed by atoms with E-state index in [-0.39, 0.29) is 28.9 Å². The molecule has 1 aliphatic carbocycles. The third-order valence-electron chi connectivity index (χ3n) is 5.07. The smallest absolute Gasteiger partial charge is 0.358 e. The molecular weight excluding hydrogens is 428 g/mol.